The van der Waals surface area contributed by atoms with Gasteiger partial charge in [-0.25, -0.2) is 4.39 Å². The summed E-state index contributed by atoms with van der Waals surface area (Å²) in [5.41, 5.74) is 0.912. The molecule has 0 aliphatic carbocycles. The fourth-order valence-corrected chi connectivity index (χ4v) is 4.14. The lowest BCUT2D eigenvalue weighted by molar-refractivity contribution is 0.0996. The van der Waals surface area contributed by atoms with Crippen molar-refractivity contribution in [1.82, 2.24) is 4.57 Å². The molecule has 0 saturated carbocycles. The third kappa shape index (κ3) is 5.55. The number of halogens is 1. The topological polar surface area (TPSA) is 52.8 Å². The molecule has 0 aliphatic rings. The van der Waals surface area contributed by atoms with E-state index in [0.717, 1.165) is 29.7 Å². The van der Waals surface area contributed by atoms with Crippen molar-refractivity contribution >= 4 is 27.5 Å². The van der Waals surface area contributed by atoms with Crippen LogP contribution < -0.4 is 9.54 Å². The predicted molar refractivity (Wildman–Crippen MR) is 118 cm³/mol. The van der Waals surface area contributed by atoms with Crippen molar-refractivity contribution in [2.45, 2.75) is 39.7 Å². The third-order valence-electron chi connectivity index (χ3n) is 4.63. The van der Waals surface area contributed by atoms with E-state index in [1.807, 2.05) is 13.0 Å². The largest absolute Gasteiger partial charge is 0.494 e. The molecule has 0 aliphatic heterocycles. The van der Waals surface area contributed by atoms with Crippen LogP contribution in [-0.2, 0) is 11.3 Å². The van der Waals surface area contributed by atoms with Gasteiger partial charge < -0.3 is 14.0 Å². The molecule has 0 saturated heterocycles. The average molecular weight is 431 g/mol. The molecule has 5 nitrogen and oxygen atoms in total. The number of thiazole rings is 1. The highest BCUT2D eigenvalue weighted by molar-refractivity contribution is 7.16. The summed E-state index contributed by atoms with van der Waals surface area (Å²) in [6, 6.07) is 11.9. The van der Waals surface area contributed by atoms with Crippen LogP contribution in [0.25, 0.3) is 10.2 Å². The van der Waals surface area contributed by atoms with Crippen molar-refractivity contribution in [1.29, 1.82) is 0 Å². The SMILES string of the molecule is CCCCCOc1ccc(C(=O)N=c2sc3cccc(F)c3n2CCOCC)cc1. The lowest BCUT2D eigenvalue weighted by Crippen LogP contribution is -2.20. The number of amides is 1. The first-order chi connectivity index (χ1) is 14.6. The quantitative estimate of drug-likeness (QED) is 0.416. The zero-order chi connectivity index (χ0) is 21.3. The second-order valence-electron chi connectivity index (χ2n) is 6.82. The van der Waals surface area contributed by atoms with Crippen molar-refractivity contribution < 1.29 is 18.7 Å². The summed E-state index contributed by atoms with van der Waals surface area (Å²) < 4.78 is 28.0. The standard InChI is InChI=1S/C23H27FN2O3S/c1-3-5-6-15-29-18-12-10-17(11-13-18)22(27)25-23-26(14-16-28-4-2)21-19(24)8-7-9-20(21)30-23/h7-13H,3-6,14-16H2,1-2H3. The van der Waals surface area contributed by atoms with Gasteiger partial charge in [0.1, 0.15) is 11.6 Å². The average Bonchev–Trinajstić information content (AvgIpc) is 3.10. The lowest BCUT2D eigenvalue weighted by atomic mass is 10.2. The van der Waals surface area contributed by atoms with Gasteiger partial charge in [0.2, 0.25) is 0 Å². The molecule has 7 heteroatoms. The van der Waals surface area contributed by atoms with Gasteiger partial charge in [-0.05, 0) is 49.7 Å². The molecule has 0 fully saturated rings. The van der Waals surface area contributed by atoms with Gasteiger partial charge in [0.05, 0.1) is 23.4 Å². The first kappa shape index (κ1) is 22.2. The number of hydrogen-bond acceptors (Lipinski definition) is 4. The van der Waals surface area contributed by atoms with E-state index in [-0.39, 0.29) is 11.7 Å². The number of para-hydroxylation sites is 1. The lowest BCUT2D eigenvalue weighted by Gasteiger charge is -2.06. The molecule has 0 atom stereocenters. The monoisotopic (exact) mass is 430 g/mol. The maximum Gasteiger partial charge on any atom is 0.279 e. The van der Waals surface area contributed by atoms with E-state index >= 15 is 0 Å². The minimum Gasteiger partial charge on any atom is -0.494 e. The molecule has 30 heavy (non-hydrogen) atoms. The van der Waals surface area contributed by atoms with Crippen LogP contribution in [0, 0.1) is 5.82 Å². The Bertz CT molecular complexity index is 1040. The number of benzene rings is 2. The molecule has 1 aromatic heterocycles. The molecule has 0 radical (unpaired) electrons. The number of unbranched alkanes of at least 4 members (excludes halogenated alkanes) is 2. The van der Waals surface area contributed by atoms with Gasteiger partial charge in [-0.3, -0.25) is 4.79 Å². The van der Waals surface area contributed by atoms with Crippen molar-refractivity contribution in [3.8, 4) is 5.75 Å². The number of aromatic nitrogens is 1. The maximum absolute atomic E-state index is 14.4. The van der Waals surface area contributed by atoms with E-state index < -0.39 is 0 Å². The Morgan fingerprint density at radius 2 is 1.90 bits per heavy atom. The number of ether oxygens (including phenoxy) is 2. The van der Waals surface area contributed by atoms with Gasteiger partial charge >= 0.3 is 0 Å². The van der Waals surface area contributed by atoms with Crippen molar-refractivity contribution in [3.63, 3.8) is 0 Å². The van der Waals surface area contributed by atoms with Crippen LogP contribution in [-0.4, -0.2) is 30.3 Å². The summed E-state index contributed by atoms with van der Waals surface area (Å²) in [7, 11) is 0. The predicted octanol–water partition coefficient (Wildman–Crippen LogP) is 5.19. The van der Waals surface area contributed by atoms with Crippen LogP contribution in [0.5, 0.6) is 5.75 Å². The minimum absolute atomic E-state index is 0.335. The van der Waals surface area contributed by atoms with E-state index in [2.05, 4.69) is 11.9 Å². The van der Waals surface area contributed by atoms with Crippen LogP contribution in [0.1, 0.15) is 43.5 Å². The van der Waals surface area contributed by atoms with E-state index in [9.17, 15) is 9.18 Å². The molecule has 0 unspecified atom stereocenters. The summed E-state index contributed by atoms with van der Waals surface area (Å²) in [6.45, 7) is 6.13. The maximum atomic E-state index is 14.4. The number of carbonyl (C=O) groups is 1. The first-order valence-corrected chi connectivity index (χ1v) is 11.1. The van der Waals surface area contributed by atoms with Gasteiger partial charge in [-0.15, -0.1) is 0 Å². The molecule has 160 valence electrons. The minimum atomic E-state index is -0.371. The highest BCUT2D eigenvalue weighted by Crippen LogP contribution is 2.21. The van der Waals surface area contributed by atoms with Crippen LogP contribution in [0.2, 0.25) is 0 Å². The van der Waals surface area contributed by atoms with Gasteiger partial charge in [-0.2, -0.15) is 4.99 Å². The highest BCUT2D eigenvalue weighted by Gasteiger charge is 2.12. The Labute approximate surface area is 179 Å². The zero-order valence-corrected chi connectivity index (χ0v) is 18.2. The van der Waals surface area contributed by atoms with Gasteiger partial charge in [0.25, 0.3) is 5.91 Å². The Hall–Kier alpha value is -2.51. The highest BCUT2D eigenvalue weighted by atomic mass is 32.1. The van der Waals surface area contributed by atoms with E-state index in [1.54, 1.807) is 34.9 Å². The van der Waals surface area contributed by atoms with Crippen LogP contribution in [0.3, 0.4) is 0 Å². The molecule has 0 N–H and O–H groups in total. The van der Waals surface area contributed by atoms with Crippen LogP contribution in [0.4, 0.5) is 4.39 Å². The zero-order valence-electron chi connectivity index (χ0n) is 17.4. The third-order valence-corrected chi connectivity index (χ3v) is 5.67. The van der Waals surface area contributed by atoms with E-state index in [0.29, 0.717) is 42.2 Å². The molecule has 1 heterocycles. The first-order valence-electron chi connectivity index (χ1n) is 10.3. The molecule has 3 rings (SSSR count). The normalized spacial score (nSPS) is 11.9. The molecule has 2 aromatic carbocycles. The summed E-state index contributed by atoms with van der Waals surface area (Å²) >= 11 is 1.29. The van der Waals surface area contributed by atoms with Crippen molar-refractivity contribution in [3.05, 3.63) is 58.6 Å². The number of fused-ring (bicyclic) bond motifs is 1. The summed E-state index contributed by atoms with van der Waals surface area (Å²) in [6.07, 6.45) is 3.29. The molecular weight excluding hydrogens is 403 g/mol. The summed E-state index contributed by atoms with van der Waals surface area (Å²) in [5.74, 6) is 0.0294. The van der Waals surface area contributed by atoms with Gasteiger partial charge in [0, 0.05) is 18.7 Å². The van der Waals surface area contributed by atoms with Crippen molar-refractivity contribution in [2.75, 3.05) is 19.8 Å². The number of carbonyl (C=O) groups excluding carboxylic acids is 1. The van der Waals surface area contributed by atoms with Gasteiger partial charge in [0.15, 0.2) is 4.80 Å². The number of hydrogen-bond donors (Lipinski definition) is 0. The van der Waals surface area contributed by atoms with Crippen LogP contribution in [0.15, 0.2) is 47.5 Å². The molecule has 3 aromatic rings. The molecular formula is C23H27FN2O3S. The fraction of sp³-hybridized carbons (Fsp3) is 0.391. The van der Waals surface area contributed by atoms with Gasteiger partial charge in [-0.1, -0.05) is 37.2 Å². The Kier molecular flexibility index (Phi) is 8.16. The summed E-state index contributed by atoms with van der Waals surface area (Å²) in [4.78, 5) is 17.5. The number of nitrogens with zero attached hydrogens (tertiary/aromatic N) is 2. The molecule has 0 bridgehead atoms. The van der Waals surface area contributed by atoms with Crippen LogP contribution >= 0.6 is 11.3 Å². The smallest absolute Gasteiger partial charge is 0.279 e. The Morgan fingerprint density at radius 3 is 2.63 bits per heavy atom. The second-order valence-corrected chi connectivity index (χ2v) is 7.83. The number of rotatable bonds is 10. The Balaban J connectivity index is 1.84. The summed E-state index contributed by atoms with van der Waals surface area (Å²) in [5, 5.41) is 0. The molecule has 0 spiro atoms. The Morgan fingerprint density at radius 1 is 1.10 bits per heavy atom. The molecule has 1 amide bonds. The van der Waals surface area contributed by atoms with E-state index in [1.165, 1.54) is 17.4 Å². The van der Waals surface area contributed by atoms with E-state index in [4.69, 9.17) is 9.47 Å². The second kappa shape index (κ2) is 11.0. The fourth-order valence-electron chi connectivity index (χ4n) is 3.07. The van der Waals surface area contributed by atoms with Crippen molar-refractivity contribution in [2.24, 2.45) is 4.99 Å².